The summed E-state index contributed by atoms with van der Waals surface area (Å²) in [6.07, 6.45) is 0. The third kappa shape index (κ3) is 2.02. The van der Waals surface area contributed by atoms with Crippen LogP contribution in [0.3, 0.4) is 0 Å². The third-order valence-electron chi connectivity index (χ3n) is 2.94. The molecule has 0 aliphatic carbocycles. The first-order valence-electron chi connectivity index (χ1n) is 5.57. The molecule has 0 spiro atoms. The summed E-state index contributed by atoms with van der Waals surface area (Å²) in [6.45, 7) is 9.37. The zero-order chi connectivity index (χ0) is 12.7. The summed E-state index contributed by atoms with van der Waals surface area (Å²) in [5.74, 6) is 1.33. The summed E-state index contributed by atoms with van der Waals surface area (Å²) in [6, 6.07) is 0. The molecule has 0 aromatic heterocycles. The molecule has 1 aromatic rings. The zero-order valence-electron chi connectivity index (χ0n) is 10.7. The van der Waals surface area contributed by atoms with Gasteiger partial charge in [0.25, 0.3) is 0 Å². The normalized spacial score (nSPS) is 17.6. The number of thioether (sulfide) groups is 1. The molecule has 1 aliphatic heterocycles. The van der Waals surface area contributed by atoms with Crippen LogP contribution in [0.25, 0.3) is 0 Å². The molecule has 0 saturated carbocycles. The summed E-state index contributed by atoms with van der Waals surface area (Å²) >= 11 is 1.67. The summed E-state index contributed by atoms with van der Waals surface area (Å²) < 4.78 is 11.1. The predicted octanol–water partition coefficient (Wildman–Crippen LogP) is 3.37. The molecule has 0 fully saturated rings. The van der Waals surface area contributed by atoms with Crippen LogP contribution in [-0.4, -0.2) is 11.4 Å². The maximum absolute atomic E-state index is 11.1. The highest BCUT2D eigenvalue weighted by Gasteiger charge is 2.28. The Morgan fingerprint density at radius 3 is 2.47 bits per heavy atom. The Balaban J connectivity index is 2.60. The molecule has 1 aliphatic rings. The second kappa shape index (κ2) is 4.26. The fourth-order valence-corrected chi connectivity index (χ4v) is 3.06. The monoisotopic (exact) mass is 252 g/mol. The second-order valence-electron chi connectivity index (χ2n) is 4.26. The van der Waals surface area contributed by atoms with E-state index in [1.54, 1.807) is 11.8 Å². The van der Waals surface area contributed by atoms with Crippen LogP contribution in [-0.2, 0) is 4.79 Å². The SMILES string of the molecule is CC(=O)Oc1c(C)c(C)c2c(c1C)SC(C)O2. The largest absolute Gasteiger partial charge is 0.478 e. The molecule has 0 bridgehead atoms. The van der Waals surface area contributed by atoms with E-state index in [1.807, 2.05) is 27.7 Å². The van der Waals surface area contributed by atoms with E-state index in [0.29, 0.717) is 5.75 Å². The maximum atomic E-state index is 11.1. The van der Waals surface area contributed by atoms with Crippen LogP contribution in [0.4, 0.5) is 0 Å². The quantitative estimate of drug-likeness (QED) is 0.567. The standard InChI is InChI=1S/C13H16O3S/c1-6-7(2)12-13(17-10(5)16-12)8(3)11(6)15-9(4)14/h10H,1-5H3. The highest BCUT2D eigenvalue weighted by atomic mass is 32.2. The first-order valence-corrected chi connectivity index (χ1v) is 6.45. The average molecular weight is 252 g/mol. The van der Waals surface area contributed by atoms with Gasteiger partial charge in [-0.15, -0.1) is 0 Å². The van der Waals surface area contributed by atoms with Gasteiger partial charge in [-0.25, -0.2) is 0 Å². The maximum Gasteiger partial charge on any atom is 0.308 e. The molecule has 92 valence electrons. The van der Waals surface area contributed by atoms with Crippen LogP contribution in [0, 0.1) is 20.8 Å². The summed E-state index contributed by atoms with van der Waals surface area (Å²) in [4.78, 5) is 12.2. The molecule has 0 amide bonds. The van der Waals surface area contributed by atoms with Crippen LogP contribution >= 0.6 is 11.8 Å². The van der Waals surface area contributed by atoms with Gasteiger partial charge in [0, 0.05) is 12.5 Å². The number of benzene rings is 1. The minimum Gasteiger partial charge on any atom is -0.478 e. The molecule has 1 aromatic carbocycles. The van der Waals surface area contributed by atoms with Gasteiger partial charge in [-0.2, -0.15) is 0 Å². The molecule has 0 N–H and O–H groups in total. The third-order valence-corrected chi connectivity index (χ3v) is 4.10. The molecule has 2 rings (SSSR count). The minimum absolute atomic E-state index is 0.120. The van der Waals surface area contributed by atoms with Gasteiger partial charge in [0.1, 0.15) is 16.9 Å². The lowest BCUT2D eigenvalue weighted by molar-refractivity contribution is -0.132. The highest BCUT2D eigenvalue weighted by molar-refractivity contribution is 8.00. The minimum atomic E-state index is -0.285. The van der Waals surface area contributed by atoms with Crippen LogP contribution < -0.4 is 9.47 Å². The predicted molar refractivity (Wildman–Crippen MR) is 67.9 cm³/mol. The van der Waals surface area contributed by atoms with Crippen molar-refractivity contribution in [2.45, 2.75) is 45.0 Å². The lowest BCUT2D eigenvalue weighted by Crippen LogP contribution is -2.06. The number of fused-ring (bicyclic) bond motifs is 1. The fraction of sp³-hybridized carbons (Fsp3) is 0.462. The number of ether oxygens (including phenoxy) is 2. The van der Waals surface area contributed by atoms with E-state index >= 15 is 0 Å². The molecule has 3 nitrogen and oxygen atoms in total. The van der Waals surface area contributed by atoms with Crippen molar-refractivity contribution < 1.29 is 14.3 Å². The molecule has 0 radical (unpaired) electrons. The first kappa shape index (κ1) is 12.3. The molecular formula is C13H16O3S. The lowest BCUT2D eigenvalue weighted by Gasteiger charge is -2.15. The summed E-state index contributed by atoms with van der Waals surface area (Å²) in [7, 11) is 0. The van der Waals surface area contributed by atoms with Crippen molar-refractivity contribution in [3.8, 4) is 11.5 Å². The Kier molecular flexibility index (Phi) is 3.08. The van der Waals surface area contributed by atoms with Crippen LogP contribution in [0.1, 0.15) is 30.5 Å². The van der Waals surface area contributed by atoms with Crippen molar-refractivity contribution in [1.82, 2.24) is 0 Å². The van der Waals surface area contributed by atoms with Crippen LogP contribution in [0.2, 0.25) is 0 Å². The van der Waals surface area contributed by atoms with Crippen molar-refractivity contribution in [3.05, 3.63) is 16.7 Å². The van der Waals surface area contributed by atoms with Crippen molar-refractivity contribution in [3.63, 3.8) is 0 Å². The smallest absolute Gasteiger partial charge is 0.308 e. The lowest BCUT2D eigenvalue weighted by atomic mass is 10.0. The summed E-state index contributed by atoms with van der Waals surface area (Å²) in [5, 5.41) is 0. The van der Waals surface area contributed by atoms with Gasteiger partial charge < -0.3 is 9.47 Å². The van der Waals surface area contributed by atoms with Crippen molar-refractivity contribution >= 4 is 17.7 Å². The topological polar surface area (TPSA) is 35.5 Å². The van der Waals surface area contributed by atoms with Gasteiger partial charge in [0.15, 0.2) is 0 Å². The van der Waals surface area contributed by atoms with Gasteiger partial charge in [-0.3, -0.25) is 4.79 Å². The molecule has 1 heterocycles. The van der Waals surface area contributed by atoms with E-state index in [4.69, 9.17) is 9.47 Å². The van der Waals surface area contributed by atoms with Crippen LogP contribution in [0.5, 0.6) is 11.5 Å². The van der Waals surface area contributed by atoms with E-state index in [-0.39, 0.29) is 11.4 Å². The Morgan fingerprint density at radius 2 is 1.88 bits per heavy atom. The molecule has 4 heteroatoms. The van der Waals surface area contributed by atoms with Gasteiger partial charge >= 0.3 is 5.97 Å². The number of esters is 1. The number of rotatable bonds is 1. The number of carbonyl (C=O) groups excluding carboxylic acids is 1. The number of hydrogen-bond acceptors (Lipinski definition) is 4. The highest BCUT2D eigenvalue weighted by Crippen LogP contribution is 2.49. The Bertz CT molecular complexity index is 494. The van der Waals surface area contributed by atoms with Gasteiger partial charge in [0.05, 0.1) is 4.90 Å². The fourth-order valence-electron chi connectivity index (χ4n) is 2.00. The van der Waals surface area contributed by atoms with Gasteiger partial charge in [-0.1, -0.05) is 11.8 Å². The Morgan fingerprint density at radius 1 is 1.24 bits per heavy atom. The molecule has 0 saturated heterocycles. The Labute approximate surface area is 105 Å². The number of carbonyl (C=O) groups is 1. The van der Waals surface area contributed by atoms with E-state index in [1.165, 1.54) is 6.92 Å². The van der Waals surface area contributed by atoms with E-state index < -0.39 is 0 Å². The number of hydrogen-bond donors (Lipinski definition) is 0. The van der Waals surface area contributed by atoms with E-state index in [2.05, 4.69) is 0 Å². The van der Waals surface area contributed by atoms with Gasteiger partial charge in [0.2, 0.25) is 0 Å². The zero-order valence-corrected chi connectivity index (χ0v) is 11.5. The van der Waals surface area contributed by atoms with E-state index in [0.717, 1.165) is 27.3 Å². The van der Waals surface area contributed by atoms with Crippen molar-refractivity contribution in [2.75, 3.05) is 0 Å². The van der Waals surface area contributed by atoms with Crippen molar-refractivity contribution in [2.24, 2.45) is 0 Å². The molecule has 17 heavy (non-hydrogen) atoms. The average Bonchev–Trinajstić information content (AvgIpc) is 2.63. The Hall–Kier alpha value is -1.16. The summed E-state index contributed by atoms with van der Waals surface area (Å²) in [5.41, 5.74) is 3.15. The van der Waals surface area contributed by atoms with Gasteiger partial charge in [-0.05, 0) is 38.8 Å². The first-order chi connectivity index (χ1) is 7.91. The van der Waals surface area contributed by atoms with Crippen LogP contribution in [0.15, 0.2) is 4.90 Å². The van der Waals surface area contributed by atoms with E-state index in [9.17, 15) is 4.79 Å². The molecular weight excluding hydrogens is 236 g/mol. The molecule has 1 unspecified atom stereocenters. The second-order valence-corrected chi connectivity index (χ2v) is 5.57. The van der Waals surface area contributed by atoms with Crippen molar-refractivity contribution in [1.29, 1.82) is 0 Å². The molecule has 1 atom stereocenters.